The van der Waals surface area contributed by atoms with Crippen molar-refractivity contribution in [1.82, 2.24) is 0 Å². The Balaban J connectivity index is 0.00000200. The molecule has 0 radical (unpaired) electrons. The summed E-state index contributed by atoms with van der Waals surface area (Å²) in [6.45, 7) is 1.08. The summed E-state index contributed by atoms with van der Waals surface area (Å²) in [6, 6.07) is 3.03. The van der Waals surface area contributed by atoms with E-state index in [9.17, 15) is 13.6 Å². The first-order valence-electron chi connectivity index (χ1n) is 6.12. The van der Waals surface area contributed by atoms with Gasteiger partial charge in [0.2, 0.25) is 5.91 Å². The van der Waals surface area contributed by atoms with Crippen LogP contribution >= 0.6 is 12.4 Å². The number of anilines is 1. The normalized spacial score (nSPS) is 17.1. The summed E-state index contributed by atoms with van der Waals surface area (Å²) in [5.74, 6) is -1.83. The number of hydrogen-bond acceptors (Lipinski definition) is 3. The molecule has 0 atom stereocenters. The lowest BCUT2D eigenvalue weighted by molar-refractivity contribution is -0.130. The van der Waals surface area contributed by atoms with Crippen LogP contribution in [0.25, 0.3) is 0 Å². The Kier molecular flexibility index (Phi) is 5.86. The highest BCUT2D eigenvalue weighted by Gasteiger charge is 2.39. The summed E-state index contributed by atoms with van der Waals surface area (Å²) in [7, 11) is 0. The van der Waals surface area contributed by atoms with Gasteiger partial charge in [-0.05, 0) is 25.0 Å². The fourth-order valence-electron chi connectivity index (χ4n) is 2.13. The molecule has 1 aromatic carbocycles. The molecule has 4 nitrogen and oxygen atoms in total. The predicted molar refractivity (Wildman–Crippen MR) is 73.8 cm³/mol. The molecule has 1 saturated heterocycles. The summed E-state index contributed by atoms with van der Waals surface area (Å²) in [4.78, 5) is 12.3. The zero-order valence-electron chi connectivity index (χ0n) is 10.8. The average Bonchev–Trinajstić information content (AvgIpc) is 2.42. The molecule has 0 bridgehead atoms. The fraction of sp³-hybridized carbons (Fsp3) is 0.462. The Morgan fingerprint density at radius 1 is 1.35 bits per heavy atom. The molecule has 3 N–H and O–H groups in total. The molecule has 2 rings (SSSR count). The smallest absolute Gasteiger partial charge is 0.232 e. The number of carbonyl (C=O) groups excluding carboxylic acids is 1. The summed E-state index contributed by atoms with van der Waals surface area (Å²) in [5.41, 5.74) is 4.91. The molecular weight excluding hydrogens is 290 g/mol. The molecule has 0 aliphatic carbocycles. The van der Waals surface area contributed by atoms with Gasteiger partial charge in [-0.25, -0.2) is 8.78 Å². The molecule has 1 heterocycles. The van der Waals surface area contributed by atoms with Gasteiger partial charge in [0.1, 0.15) is 11.6 Å². The Labute approximate surface area is 122 Å². The first-order valence-corrected chi connectivity index (χ1v) is 6.12. The molecule has 1 aliphatic rings. The third-order valence-electron chi connectivity index (χ3n) is 3.50. The highest BCUT2D eigenvalue weighted by atomic mass is 35.5. The highest BCUT2D eigenvalue weighted by molar-refractivity contribution is 5.95. The SMILES string of the molecule is Cl.NCC1(C(=O)Nc2ccc(F)cc2F)CCOCC1. The zero-order chi connectivity index (χ0) is 13.9. The molecule has 1 fully saturated rings. The first kappa shape index (κ1) is 16.8. The van der Waals surface area contributed by atoms with E-state index in [4.69, 9.17) is 10.5 Å². The van der Waals surface area contributed by atoms with Crippen LogP contribution in [0.5, 0.6) is 0 Å². The quantitative estimate of drug-likeness (QED) is 0.898. The third kappa shape index (κ3) is 3.45. The van der Waals surface area contributed by atoms with Crippen LogP contribution in [0, 0.1) is 17.0 Å². The Morgan fingerprint density at radius 2 is 2.00 bits per heavy atom. The lowest BCUT2D eigenvalue weighted by Crippen LogP contribution is -2.46. The van der Waals surface area contributed by atoms with Crippen molar-refractivity contribution in [3.8, 4) is 0 Å². The van der Waals surface area contributed by atoms with Gasteiger partial charge in [0, 0.05) is 25.8 Å². The van der Waals surface area contributed by atoms with E-state index in [1.54, 1.807) is 0 Å². The second-order valence-electron chi connectivity index (χ2n) is 4.68. The lowest BCUT2D eigenvalue weighted by Gasteiger charge is -2.34. The van der Waals surface area contributed by atoms with E-state index in [-0.39, 0.29) is 30.5 Å². The van der Waals surface area contributed by atoms with Crippen molar-refractivity contribution in [2.24, 2.45) is 11.1 Å². The number of halogens is 3. The molecule has 7 heteroatoms. The first-order chi connectivity index (χ1) is 9.07. The van der Waals surface area contributed by atoms with Crippen molar-refractivity contribution in [2.75, 3.05) is 25.1 Å². The van der Waals surface area contributed by atoms with Crippen LogP contribution < -0.4 is 11.1 Å². The van der Waals surface area contributed by atoms with Gasteiger partial charge in [-0.15, -0.1) is 12.4 Å². The van der Waals surface area contributed by atoms with Gasteiger partial charge >= 0.3 is 0 Å². The van der Waals surface area contributed by atoms with Gasteiger partial charge in [0.05, 0.1) is 11.1 Å². The summed E-state index contributed by atoms with van der Waals surface area (Å²) in [5, 5.41) is 2.48. The molecule has 1 aromatic rings. The molecule has 0 unspecified atom stereocenters. The number of hydrogen-bond donors (Lipinski definition) is 2. The average molecular weight is 307 g/mol. The van der Waals surface area contributed by atoms with Crippen molar-refractivity contribution >= 4 is 24.0 Å². The predicted octanol–water partition coefficient (Wildman–Crippen LogP) is 2.08. The minimum Gasteiger partial charge on any atom is -0.381 e. The maximum absolute atomic E-state index is 13.5. The van der Waals surface area contributed by atoms with E-state index in [2.05, 4.69) is 5.32 Å². The fourth-order valence-corrected chi connectivity index (χ4v) is 2.13. The van der Waals surface area contributed by atoms with Crippen LogP contribution in [0.4, 0.5) is 14.5 Å². The minimum absolute atomic E-state index is 0. The minimum atomic E-state index is -0.799. The molecule has 112 valence electrons. The number of amides is 1. The van der Waals surface area contributed by atoms with Gasteiger partial charge in [0.25, 0.3) is 0 Å². The van der Waals surface area contributed by atoms with E-state index >= 15 is 0 Å². The summed E-state index contributed by atoms with van der Waals surface area (Å²) in [6.07, 6.45) is 0.996. The molecule has 0 spiro atoms. The molecule has 0 aromatic heterocycles. The molecule has 20 heavy (non-hydrogen) atoms. The topological polar surface area (TPSA) is 64.4 Å². The van der Waals surface area contributed by atoms with Crippen molar-refractivity contribution < 1.29 is 18.3 Å². The van der Waals surface area contributed by atoms with Gasteiger partial charge < -0.3 is 15.8 Å². The second-order valence-corrected chi connectivity index (χ2v) is 4.68. The Bertz CT molecular complexity index is 479. The van der Waals surface area contributed by atoms with Gasteiger partial charge in [0.15, 0.2) is 0 Å². The highest BCUT2D eigenvalue weighted by Crippen LogP contribution is 2.31. The number of carbonyl (C=O) groups is 1. The monoisotopic (exact) mass is 306 g/mol. The number of benzene rings is 1. The molecule has 1 aliphatic heterocycles. The number of nitrogens with two attached hydrogens (primary N) is 1. The largest absolute Gasteiger partial charge is 0.381 e. The lowest BCUT2D eigenvalue weighted by atomic mass is 9.79. The van der Waals surface area contributed by atoms with Crippen LogP contribution in [0.15, 0.2) is 18.2 Å². The van der Waals surface area contributed by atoms with E-state index in [1.807, 2.05) is 0 Å². The van der Waals surface area contributed by atoms with E-state index < -0.39 is 17.0 Å². The third-order valence-corrected chi connectivity index (χ3v) is 3.50. The van der Waals surface area contributed by atoms with E-state index in [0.717, 1.165) is 12.1 Å². The molecule has 1 amide bonds. The van der Waals surface area contributed by atoms with Crippen molar-refractivity contribution in [1.29, 1.82) is 0 Å². The Morgan fingerprint density at radius 3 is 2.55 bits per heavy atom. The number of ether oxygens (including phenoxy) is 1. The maximum Gasteiger partial charge on any atom is 0.232 e. The van der Waals surface area contributed by atoms with E-state index in [0.29, 0.717) is 26.1 Å². The zero-order valence-corrected chi connectivity index (χ0v) is 11.6. The molecular formula is C13H17ClF2N2O2. The van der Waals surface area contributed by atoms with Crippen LogP contribution in [-0.4, -0.2) is 25.7 Å². The second kappa shape index (κ2) is 6.97. The van der Waals surface area contributed by atoms with Crippen LogP contribution in [0.2, 0.25) is 0 Å². The van der Waals surface area contributed by atoms with Crippen molar-refractivity contribution in [2.45, 2.75) is 12.8 Å². The molecule has 0 saturated carbocycles. The summed E-state index contributed by atoms with van der Waals surface area (Å²) < 4.78 is 31.5. The number of nitrogens with one attached hydrogen (secondary N) is 1. The van der Waals surface area contributed by atoms with Crippen molar-refractivity contribution in [3.63, 3.8) is 0 Å². The van der Waals surface area contributed by atoms with Crippen LogP contribution in [0.1, 0.15) is 12.8 Å². The maximum atomic E-state index is 13.5. The van der Waals surface area contributed by atoms with Gasteiger partial charge in [-0.3, -0.25) is 4.79 Å². The van der Waals surface area contributed by atoms with Gasteiger partial charge in [-0.2, -0.15) is 0 Å². The van der Waals surface area contributed by atoms with Crippen LogP contribution in [-0.2, 0) is 9.53 Å². The van der Waals surface area contributed by atoms with Gasteiger partial charge in [-0.1, -0.05) is 0 Å². The summed E-state index contributed by atoms with van der Waals surface area (Å²) >= 11 is 0. The standard InChI is InChI=1S/C13H16F2N2O2.ClH/c14-9-1-2-11(10(15)7-9)17-12(18)13(8-16)3-5-19-6-4-13;/h1-2,7H,3-6,8,16H2,(H,17,18);1H. The number of rotatable bonds is 3. The Hall–Kier alpha value is -1.24. The van der Waals surface area contributed by atoms with Crippen LogP contribution in [0.3, 0.4) is 0 Å². The van der Waals surface area contributed by atoms with E-state index in [1.165, 1.54) is 6.07 Å². The van der Waals surface area contributed by atoms with Crippen molar-refractivity contribution in [3.05, 3.63) is 29.8 Å².